The van der Waals surface area contributed by atoms with E-state index in [2.05, 4.69) is 4.90 Å². The van der Waals surface area contributed by atoms with Crippen LogP contribution in [0.2, 0.25) is 5.02 Å². The van der Waals surface area contributed by atoms with E-state index in [1.165, 1.54) is 0 Å². The molecular formula is C14H18ClNOS. The van der Waals surface area contributed by atoms with Crippen molar-refractivity contribution in [3.63, 3.8) is 0 Å². The molecule has 0 aliphatic carbocycles. The Hall–Kier alpha value is -0.510. The molecule has 1 aliphatic rings. The monoisotopic (exact) mass is 283 g/mol. The van der Waals surface area contributed by atoms with Gasteiger partial charge < -0.3 is 0 Å². The molecule has 0 spiro atoms. The van der Waals surface area contributed by atoms with Crippen molar-refractivity contribution in [2.45, 2.75) is 19.4 Å². The molecule has 1 aromatic carbocycles. The smallest absolute Gasteiger partial charge is 0.155 e. The normalized spacial score (nSPS) is 20.9. The maximum Gasteiger partial charge on any atom is 0.155 e. The maximum atomic E-state index is 12.3. The molecule has 98 valence electrons. The van der Waals surface area contributed by atoms with Crippen LogP contribution in [0.3, 0.4) is 0 Å². The van der Waals surface area contributed by atoms with Gasteiger partial charge in [0.1, 0.15) is 0 Å². The number of ketones is 1. The van der Waals surface area contributed by atoms with Crippen LogP contribution in [0.1, 0.15) is 11.1 Å². The highest BCUT2D eigenvalue weighted by atomic mass is 35.5. The van der Waals surface area contributed by atoms with Crippen LogP contribution in [0.25, 0.3) is 0 Å². The SMILES string of the molecule is Cc1ccc(CC(=O)C2CSCCN2C)c(Cl)c1. The lowest BCUT2D eigenvalue weighted by atomic mass is 10.0. The van der Waals surface area contributed by atoms with Crippen LogP contribution < -0.4 is 0 Å². The summed E-state index contributed by atoms with van der Waals surface area (Å²) in [7, 11) is 2.03. The molecule has 2 nitrogen and oxygen atoms in total. The Morgan fingerprint density at radius 1 is 1.56 bits per heavy atom. The van der Waals surface area contributed by atoms with Crippen LogP contribution >= 0.6 is 23.4 Å². The average molecular weight is 284 g/mol. The van der Waals surface area contributed by atoms with Gasteiger partial charge >= 0.3 is 0 Å². The third-order valence-electron chi connectivity index (χ3n) is 3.34. The van der Waals surface area contributed by atoms with Crippen molar-refractivity contribution in [1.29, 1.82) is 0 Å². The summed E-state index contributed by atoms with van der Waals surface area (Å²) in [5.74, 6) is 2.29. The van der Waals surface area contributed by atoms with Crippen molar-refractivity contribution in [3.05, 3.63) is 34.3 Å². The van der Waals surface area contributed by atoms with Crippen molar-refractivity contribution in [2.75, 3.05) is 25.1 Å². The zero-order valence-corrected chi connectivity index (χ0v) is 12.4. The number of thioether (sulfide) groups is 1. The average Bonchev–Trinajstić information content (AvgIpc) is 2.33. The lowest BCUT2D eigenvalue weighted by Crippen LogP contribution is -2.45. The first-order chi connectivity index (χ1) is 8.58. The Bertz CT molecular complexity index is 449. The molecule has 1 fully saturated rings. The Kier molecular flexibility index (Phi) is 4.71. The van der Waals surface area contributed by atoms with Crippen LogP contribution in [0.15, 0.2) is 18.2 Å². The summed E-state index contributed by atoms with van der Waals surface area (Å²) in [4.78, 5) is 14.5. The van der Waals surface area contributed by atoms with Crippen LogP contribution in [0.4, 0.5) is 0 Å². The molecule has 0 saturated carbocycles. The highest BCUT2D eigenvalue weighted by Crippen LogP contribution is 2.21. The first-order valence-corrected chi connectivity index (χ1v) is 7.67. The van der Waals surface area contributed by atoms with Gasteiger partial charge in [0.15, 0.2) is 5.78 Å². The van der Waals surface area contributed by atoms with E-state index in [1.807, 2.05) is 43.9 Å². The molecule has 1 atom stereocenters. The van der Waals surface area contributed by atoms with Crippen molar-refractivity contribution in [3.8, 4) is 0 Å². The zero-order chi connectivity index (χ0) is 13.1. The van der Waals surface area contributed by atoms with E-state index in [9.17, 15) is 4.79 Å². The highest BCUT2D eigenvalue weighted by Gasteiger charge is 2.26. The third-order valence-corrected chi connectivity index (χ3v) is 4.72. The van der Waals surface area contributed by atoms with E-state index in [1.54, 1.807) is 0 Å². The summed E-state index contributed by atoms with van der Waals surface area (Å²) in [5, 5.41) is 0.703. The molecule has 1 saturated heterocycles. The van der Waals surface area contributed by atoms with Crippen molar-refractivity contribution in [2.24, 2.45) is 0 Å². The molecule has 0 bridgehead atoms. The van der Waals surface area contributed by atoms with Crippen molar-refractivity contribution >= 4 is 29.1 Å². The first-order valence-electron chi connectivity index (χ1n) is 6.13. The fourth-order valence-corrected chi connectivity index (χ4v) is 3.68. The zero-order valence-electron chi connectivity index (χ0n) is 10.8. The minimum atomic E-state index is 0.0427. The van der Waals surface area contributed by atoms with Gasteiger partial charge in [-0.15, -0.1) is 0 Å². The molecule has 1 aliphatic heterocycles. The summed E-state index contributed by atoms with van der Waals surface area (Å²) >= 11 is 8.03. The second kappa shape index (κ2) is 6.09. The van der Waals surface area contributed by atoms with Crippen LogP contribution in [-0.2, 0) is 11.2 Å². The molecule has 18 heavy (non-hydrogen) atoms. The molecule has 4 heteroatoms. The maximum absolute atomic E-state index is 12.3. The quantitative estimate of drug-likeness (QED) is 0.851. The van der Waals surface area contributed by atoms with Gasteiger partial charge in [-0.05, 0) is 31.2 Å². The summed E-state index contributed by atoms with van der Waals surface area (Å²) < 4.78 is 0. The van der Waals surface area contributed by atoms with E-state index in [4.69, 9.17) is 11.6 Å². The lowest BCUT2D eigenvalue weighted by molar-refractivity contribution is -0.122. The molecular weight excluding hydrogens is 266 g/mol. The molecule has 1 unspecified atom stereocenters. The Balaban J connectivity index is 2.06. The lowest BCUT2D eigenvalue weighted by Gasteiger charge is -2.30. The van der Waals surface area contributed by atoms with Gasteiger partial charge in [-0.25, -0.2) is 0 Å². The third kappa shape index (κ3) is 3.28. The first kappa shape index (κ1) is 13.9. The van der Waals surface area contributed by atoms with Crippen LogP contribution in [0.5, 0.6) is 0 Å². The minimum Gasteiger partial charge on any atom is -0.298 e. The van der Waals surface area contributed by atoms with Crippen LogP contribution in [0, 0.1) is 6.92 Å². The number of likely N-dealkylation sites (N-methyl/N-ethyl adjacent to an activating group) is 1. The number of carbonyl (C=O) groups is 1. The number of hydrogen-bond donors (Lipinski definition) is 0. The predicted octanol–water partition coefficient (Wildman–Crippen LogP) is 2.81. The van der Waals surface area contributed by atoms with E-state index in [-0.39, 0.29) is 11.8 Å². The number of hydrogen-bond acceptors (Lipinski definition) is 3. The summed E-state index contributed by atoms with van der Waals surface area (Å²) in [6, 6.07) is 5.93. The van der Waals surface area contributed by atoms with E-state index >= 15 is 0 Å². The Labute approximate surface area is 118 Å². The number of nitrogens with zero attached hydrogens (tertiary/aromatic N) is 1. The van der Waals surface area contributed by atoms with E-state index in [0.29, 0.717) is 11.4 Å². The number of Topliss-reactive ketones (excluding diaryl/α,β-unsaturated/α-hetero) is 1. The highest BCUT2D eigenvalue weighted by molar-refractivity contribution is 7.99. The second-order valence-electron chi connectivity index (χ2n) is 4.81. The molecule has 0 amide bonds. The number of aryl methyl sites for hydroxylation is 1. The number of halogens is 1. The summed E-state index contributed by atoms with van der Waals surface area (Å²) in [6.45, 7) is 2.99. The molecule has 1 aromatic rings. The Morgan fingerprint density at radius 2 is 2.33 bits per heavy atom. The van der Waals surface area contributed by atoms with Gasteiger partial charge in [0, 0.05) is 29.5 Å². The Morgan fingerprint density at radius 3 is 3.00 bits per heavy atom. The standard InChI is InChI=1S/C14H18ClNOS/c1-10-3-4-11(12(15)7-10)8-14(17)13-9-18-6-5-16(13)2/h3-4,7,13H,5-6,8-9H2,1-2H3. The number of carbonyl (C=O) groups excluding carboxylic acids is 1. The van der Waals surface area contributed by atoms with E-state index in [0.717, 1.165) is 29.2 Å². The largest absolute Gasteiger partial charge is 0.298 e. The van der Waals surface area contributed by atoms with Crippen molar-refractivity contribution < 1.29 is 4.79 Å². The molecule has 0 radical (unpaired) electrons. The number of benzene rings is 1. The van der Waals surface area contributed by atoms with Gasteiger partial charge in [0.25, 0.3) is 0 Å². The van der Waals surface area contributed by atoms with Crippen molar-refractivity contribution in [1.82, 2.24) is 4.90 Å². The van der Waals surface area contributed by atoms with Gasteiger partial charge in [0.2, 0.25) is 0 Å². The molecule has 1 heterocycles. The fourth-order valence-electron chi connectivity index (χ4n) is 2.13. The van der Waals surface area contributed by atoms with Gasteiger partial charge in [-0.1, -0.05) is 23.7 Å². The molecule has 0 aromatic heterocycles. The van der Waals surface area contributed by atoms with Crippen LogP contribution in [-0.4, -0.2) is 41.8 Å². The number of rotatable bonds is 3. The topological polar surface area (TPSA) is 20.3 Å². The predicted molar refractivity (Wildman–Crippen MR) is 78.6 cm³/mol. The summed E-state index contributed by atoms with van der Waals surface area (Å²) in [6.07, 6.45) is 0.439. The van der Waals surface area contributed by atoms with Gasteiger partial charge in [-0.3, -0.25) is 9.69 Å². The second-order valence-corrected chi connectivity index (χ2v) is 6.37. The van der Waals surface area contributed by atoms with E-state index < -0.39 is 0 Å². The summed E-state index contributed by atoms with van der Waals surface area (Å²) in [5.41, 5.74) is 2.07. The van der Waals surface area contributed by atoms with Gasteiger partial charge in [-0.2, -0.15) is 11.8 Å². The fraction of sp³-hybridized carbons (Fsp3) is 0.500. The molecule has 2 rings (SSSR count). The minimum absolute atomic E-state index is 0.0427. The van der Waals surface area contributed by atoms with Gasteiger partial charge in [0.05, 0.1) is 6.04 Å². The molecule has 0 N–H and O–H groups in total.